The van der Waals surface area contributed by atoms with Crippen molar-refractivity contribution >= 4 is 26.0 Å². The molecule has 0 bridgehead atoms. The molecule has 1 saturated heterocycles. The standard InChI is InChI=1S/C17H27N3O7S2/c1-13(2)19-29(24,25)16-12-14(4-5-15(16)26-3)17(21)18-6-11-28(22,23)20-7-9-27-10-8-20/h4-5,12-13,19H,6-11H2,1-3H3,(H,18,21). The van der Waals surface area contributed by atoms with Crippen LogP contribution < -0.4 is 14.8 Å². The van der Waals surface area contributed by atoms with Crippen LogP contribution in [0.25, 0.3) is 0 Å². The van der Waals surface area contributed by atoms with E-state index >= 15 is 0 Å². The molecule has 10 nitrogen and oxygen atoms in total. The molecule has 2 rings (SSSR count). The molecule has 0 atom stereocenters. The zero-order valence-corrected chi connectivity index (χ0v) is 18.3. The van der Waals surface area contributed by atoms with Gasteiger partial charge in [0, 0.05) is 31.2 Å². The third-order valence-electron chi connectivity index (χ3n) is 4.12. The van der Waals surface area contributed by atoms with Gasteiger partial charge < -0.3 is 14.8 Å². The summed E-state index contributed by atoms with van der Waals surface area (Å²) in [5, 5.41) is 2.52. The molecule has 164 valence electrons. The number of hydrogen-bond donors (Lipinski definition) is 2. The van der Waals surface area contributed by atoms with Crippen molar-refractivity contribution in [2.75, 3.05) is 45.7 Å². The van der Waals surface area contributed by atoms with Crippen molar-refractivity contribution in [1.29, 1.82) is 0 Å². The molecule has 0 radical (unpaired) electrons. The summed E-state index contributed by atoms with van der Waals surface area (Å²) in [6, 6.07) is 3.66. The Labute approximate surface area is 171 Å². The fourth-order valence-corrected chi connectivity index (χ4v) is 5.52. The second-order valence-corrected chi connectivity index (χ2v) is 10.5. The van der Waals surface area contributed by atoms with E-state index in [1.54, 1.807) is 13.8 Å². The molecule has 29 heavy (non-hydrogen) atoms. The van der Waals surface area contributed by atoms with Gasteiger partial charge in [-0.3, -0.25) is 4.79 Å². The van der Waals surface area contributed by atoms with Crippen molar-refractivity contribution in [3.63, 3.8) is 0 Å². The number of hydrogen-bond acceptors (Lipinski definition) is 7. The lowest BCUT2D eigenvalue weighted by Gasteiger charge is -2.26. The summed E-state index contributed by atoms with van der Waals surface area (Å²) in [5.74, 6) is -0.731. The van der Waals surface area contributed by atoms with E-state index in [1.165, 1.54) is 29.6 Å². The van der Waals surface area contributed by atoms with Gasteiger partial charge in [0.15, 0.2) is 0 Å². The van der Waals surface area contributed by atoms with Crippen LogP contribution in [0.4, 0.5) is 0 Å². The van der Waals surface area contributed by atoms with E-state index in [2.05, 4.69) is 10.0 Å². The molecule has 1 aromatic rings. The number of sulfonamides is 2. The van der Waals surface area contributed by atoms with Gasteiger partial charge in [-0.1, -0.05) is 0 Å². The van der Waals surface area contributed by atoms with Crippen molar-refractivity contribution < 1.29 is 31.1 Å². The van der Waals surface area contributed by atoms with E-state index in [0.717, 1.165) is 0 Å². The Kier molecular flexibility index (Phi) is 8.00. The van der Waals surface area contributed by atoms with Crippen molar-refractivity contribution in [2.45, 2.75) is 24.8 Å². The lowest BCUT2D eigenvalue weighted by Crippen LogP contribution is -2.43. The summed E-state index contributed by atoms with van der Waals surface area (Å²) >= 11 is 0. The minimum atomic E-state index is -3.89. The highest BCUT2D eigenvalue weighted by Gasteiger charge is 2.25. The molecule has 12 heteroatoms. The summed E-state index contributed by atoms with van der Waals surface area (Å²) in [6.07, 6.45) is 0. The highest BCUT2D eigenvalue weighted by molar-refractivity contribution is 7.89. The molecule has 2 N–H and O–H groups in total. The van der Waals surface area contributed by atoms with E-state index in [0.29, 0.717) is 26.3 Å². The Balaban J connectivity index is 2.08. The van der Waals surface area contributed by atoms with E-state index in [1.807, 2.05) is 0 Å². The molecular formula is C17H27N3O7S2. The molecule has 1 heterocycles. The summed E-state index contributed by atoms with van der Waals surface area (Å²) in [6.45, 7) is 4.53. The van der Waals surface area contributed by atoms with Crippen LogP contribution >= 0.6 is 0 Å². The third kappa shape index (κ3) is 6.37. The zero-order valence-electron chi connectivity index (χ0n) is 16.7. The molecule has 1 amide bonds. The van der Waals surface area contributed by atoms with Crippen LogP contribution in [-0.4, -0.2) is 78.8 Å². The topological polar surface area (TPSA) is 131 Å². The van der Waals surface area contributed by atoms with Crippen LogP contribution in [0, 0.1) is 0 Å². The fraction of sp³-hybridized carbons (Fsp3) is 0.588. The van der Waals surface area contributed by atoms with Crippen LogP contribution in [0.15, 0.2) is 23.1 Å². The number of benzene rings is 1. The first-order valence-electron chi connectivity index (χ1n) is 9.11. The number of carbonyl (C=O) groups excluding carboxylic acids is 1. The van der Waals surface area contributed by atoms with E-state index in [-0.39, 0.29) is 34.5 Å². The lowest BCUT2D eigenvalue weighted by molar-refractivity contribution is 0.0730. The van der Waals surface area contributed by atoms with Gasteiger partial charge in [-0.15, -0.1) is 0 Å². The highest BCUT2D eigenvalue weighted by Crippen LogP contribution is 2.25. The van der Waals surface area contributed by atoms with E-state index < -0.39 is 26.0 Å². The molecule has 1 aliphatic heterocycles. The molecule has 0 aliphatic carbocycles. The van der Waals surface area contributed by atoms with Gasteiger partial charge >= 0.3 is 0 Å². The van der Waals surface area contributed by atoms with Gasteiger partial charge in [0.05, 0.1) is 26.1 Å². The minimum absolute atomic E-state index is 0.0821. The van der Waals surface area contributed by atoms with E-state index in [4.69, 9.17) is 9.47 Å². The third-order valence-corrected chi connectivity index (χ3v) is 7.67. The summed E-state index contributed by atoms with van der Waals surface area (Å²) < 4.78 is 63.6. The molecule has 0 aromatic heterocycles. The second kappa shape index (κ2) is 9.85. The van der Waals surface area contributed by atoms with Crippen molar-refractivity contribution in [1.82, 2.24) is 14.3 Å². The quantitative estimate of drug-likeness (QED) is 0.532. The normalized spacial score (nSPS) is 16.0. The van der Waals surface area contributed by atoms with Gasteiger partial charge in [0.25, 0.3) is 5.91 Å². The maximum absolute atomic E-state index is 12.5. The number of morpholine rings is 1. The summed E-state index contributed by atoms with van der Waals surface area (Å²) in [4.78, 5) is 12.2. The molecule has 0 unspecified atom stereocenters. The van der Waals surface area contributed by atoms with Gasteiger partial charge in [0.1, 0.15) is 10.6 Å². The largest absolute Gasteiger partial charge is 0.495 e. The number of nitrogens with one attached hydrogen (secondary N) is 2. The Morgan fingerprint density at radius 2 is 1.86 bits per heavy atom. The molecule has 0 saturated carbocycles. The maximum Gasteiger partial charge on any atom is 0.251 e. The van der Waals surface area contributed by atoms with Crippen LogP contribution in [-0.2, 0) is 24.8 Å². The number of nitrogens with zero attached hydrogens (tertiary/aromatic N) is 1. The Bertz CT molecular complexity index is 924. The van der Waals surface area contributed by atoms with Crippen molar-refractivity contribution in [3.8, 4) is 5.75 Å². The van der Waals surface area contributed by atoms with Crippen LogP contribution in [0.1, 0.15) is 24.2 Å². The Morgan fingerprint density at radius 1 is 1.21 bits per heavy atom. The smallest absolute Gasteiger partial charge is 0.251 e. The molecule has 0 spiro atoms. The number of rotatable bonds is 9. The zero-order chi connectivity index (χ0) is 21.7. The average Bonchev–Trinajstić information content (AvgIpc) is 2.67. The van der Waals surface area contributed by atoms with Crippen molar-refractivity contribution in [2.24, 2.45) is 0 Å². The van der Waals surface area contributed by atoms with Crippen molar-refractivity contribution in [3.05, 3.63) is 23.8 Å². The second-order valence-electron chi connectivity index (χ2n) is 6.72. The number of methoxy groups -OCH3 is 1. The number of amides is 1. The first-order chi connectivity index (χ1) is 13.6. The average molecular weight is 450 g/mol. The predicted molar refractivity (Wildman–Crippen MR) is 107 cm³/mol. The number of ether oxygens (including phenoxy) is 2. The van der Waals surface area contributed by atoms with Gasteiger partial charge in [-0.25, -0.2) is 21.6 Å². The van der Waals surface area contributed by atoms with Gasteiger partial charge in [-0.05, 0) is 32.0 Å². The minimum Gasteiger partial charge on any atom is -0.495 e. The SMILES string of the molecule is COc1ccc(C(=O)NCCS(=O)(=O)N2CCOCC2)cc1S(=O)(=O)NC(C)C. The van der Waals surface area contributed by atoms with Crippen LogP contribution in [0.5, 0.6) is 5.75 Å². The lowest BCUT2D eigenvalue weighted by atomic mass is 10.2. The van der Waals surface area contributed by atoms with Gasteiger partial charge in [0.2, 0.25) is 20.0 Å². The maximum atomic E-state index is 12.5. The van der Waals surface area contributed by atoms with Gasteiger partial charge in [-0.2, -0.15) is 4.31 Å². The predicted octanol–water partition coefficient (Wildman–Crippen LogP) is -0.226. The first-order valence-corrected chi connectivity index (χ1v) is 12.2. The molecule has 1 aromatic carbocycles. The fourth-order valence-electron chi connectivity index (χ4n) is 2.75. The molecule has 1 fully saturated rings. The molecule has 1 aliphatic rings. The monoisotopic (exact) mass is 449 g/mol. The summed E-state index contributed by atoms with van der Waals surface area (Å²) in [5.41, 5.74) is 0.0821. The Hall–Kier alpha value is -1.73. The first kappa shape index (κ1) is 23.5. The van der Waals surface area contributed by atoms with Crippen LogP contribution in [0.2, 0.25) is 0 Å². The van der Waals surface area contributed by atoms with Crippen LogP contribution in [0.3, 0.4) is 0 Å². The molecular weight excluding hydrogens is 422 g/mol. The highest BCUT2D eigenvalue weighted by atomic mass is 32.2. The Morgan fingerprint density at radius 3 is 2.45 bits per heavy atom. The number of carbonyl (C=O) groups is 1. The van der Waals surface area contributed by atoms with E-state index in [9.17, 15) is 21.6 Å². The summed E-state index contributed by atoms with van der Waals surface area (Å²) in [7, 11) is -6.06.